The molecule has 0 saturated heterocycles. The van der Waals surface area contributed by atoms with Gasteiger partial charge in [0.25, 0.3) is 0 Å². The first kappa shape index (κ1) is 12.8. The Balaban J connectivity index is -0.000000480. The Bertz CT molecular complexity index is 272. The van der Waals surface area contributed by atoms with Crippen LogP contribution in [0.3, 0.4) is 0 Å². The van der Waals surface area contributed by atoms with Crippen molar-refractivity contribution in [2.24, 2.45) is 5.41 Å². The molecule has 0 saturated carbocycles. The Morgan fingerprint density at radius 1 is 1.23 bits per heavy atom. The van der Waals surface area contributed by atoms with E-state index in [4.69, 9.17) is 0 Å². The summed E-state index contributed by atoms with van der Waals surface area (Å²) < 4.78 is 0. The second kappa shape index (κ2) is 4.87. The van der Waals surface area contributed by atoms with Crippen LogP contribution in [-0.2, 0) is 6.42 Å². The number of hydrogen-bond acceptors (Lipinski definition) is 1. The van der Waals surface area contributed by atoms with Crippen LogP contribution < -0.4 is 0 Å². The predicted molar refractivity (Wildman–Crippen MR) is 59.2 cm³/mol. The van der Waals surface area contributed by atoms with Gasteiger partial charge in [0.05, 0.1) is 0 Å². The van der Waals surface area contributed by atoms with Crippen LogP contribution in [0.1, 0.15) is 29.2 Å². The molecule has 0 bridgehead atoms. The molecule has 1 nitrogen and oxygen atoms in total. The van der Waals surface area contributed by atoms with Crippen LogP contribution in [0.15, 0.2) is 24.3 Å². The van der Waals surface area contributed by atoms with Gasteiger partial charge in [0, 0.05) is 0 Å². The van der Waals surface area contributed by atoms with E-state index in [0.29, 0.717) is 5.75 Å². The summed E-state index contributed by atoms with van der Waals surface area (Å²) in [6.45, 7) is 6.50. The summed E-state index contributed by atoms with van der Waals surface area (Å²) >= 11 is 0. The fourth-order valence-electron chi connectivity index (χ4n) is 1.23. The number of para-hydroxylation sites is 1. The third-order valence-corrected chi connectivity index (χ3v) is 1.71. The summed E-state index contributed by atoms with van der Waals surface area (Å²) in [6.07, 6.45) is 0.916. The summed E-state index contributed by atoms with van der Waals surface area (Å²) in [5, 5.41) is 9.47. The van der Waals surface area contributed by atoms with E-state index in [9.17, 15) is 5.11 Å². The average Bonchev–Trinajstić information content (AvgIpc) is 1.91. The largest absolute Gasteiger partial charge is 2.00 e. The van der Waals surface area contributed by atoms with Crippen molar-refractivity contribution in [1.82, 2.24) is 0 Å². The van der Waals surface area contributed by atoms with Crippen LogP contribution >= 0.6 is 0 Å². The van der Waals surface area contributed by atoms with Gasteiger partial charge < -0.3 is 7.96 Å². The first-order chi connectivity index (χ1) is 5.49. The molecule has 0 aliphatic carbocycles. The second-order valence-electron chi connectivity index (χ2n) is 4.37. The van der Waals surface area contributed by atoms with E-state index >= 15 is 0 Å². The molecule has 0 fully saturated rings. The fraction of sp³-hybridized carbons (Fsp3) is 0.455. The van der Waals surface area contributed by atoms with Crippen molar-refractivity contribution < 1.29 is 7.96 Å². The maximum atomic E-state index is 9.47. The van der Waals surface area contributed by atoms with Crippen LogP contribution in [-0.4, -0.2) is 28.2 Å². The van der Waals surface area contributed by atoms with Crippen LogP contribution in [0.2, 0.25) is 0 Å². The zero-order valence-electron chi connectivity index (χ0n) is 10.7. The van der Waals surface area contributed by atoms with Crippen LogP contribution in [0.5, 0.6) is 5.75 Å². The standard InChI is InChI=1S/C11H16O.Mg.2H/c1-11(2,3)8-9-6-4-5-7-10(9)12;;;/h4-7,12H,8H2,1-3H3;;;/q;+2;2*-1. The maximum absolute atomic E-state index is 9.47. The van der Waals surface area contributed by atoms with E-state index in [2.05, 4.69) is 20.8 Å². The van der Waals surface area contributed by atoms with Gasteiger partial charge in [-0.15, -0.1) is 0 Å². The van der Waals surface area contributed by atoms with Gasteiger partial charge in [0.1, 0.15) is 5.75 Å². The zero-order valence-corrected chi connectivity index (χ0v) is 10.1. The molecule has 1 aromatic rings. The van der Waals surface area contributed by atoms with Gasteiger partial charge in [-0.25, -0.2) is 0 Å². The molecule has 13 heavy (non-hydrogen) atoms. The van der Waals surface area contributed by atoms with Gasteiger partial charge in [-0.1, -0.05) is 39.0 Å². The predicted octanol–water partition coefficient (Wildman–Crippen LogP) is 2.83. The van der Waals surface area contributed by atoms with Gasteiger partial charge in [-0.3, -0.25) is 0 Å². The summed E-state index contributed by atoms with van der Waals surface area (Å²) in [6, 6.07) is 7.52. The minimum atomic E-state index is 0. The Kier molecular flexibility index (Phi) is 4.79. The molecule has 0 atom stereocenters. The van der Waals surface area contributed by atoms with Crippen molar-refractivity contribution in [3.05, 3.63) is 29.8 Å². The molecule has 0 radical (unpaired) electrons. The van der Waals surface area contributed by atoms with E-state index in [1.165, 1.54) is 0 Å². The number of hydrogen-bond donors (Lipinski definition) is 1. The second-order valence-corrected chi connectivity index (χ2v) is 4.37. The molecule has 1 N–H and O–H groups in total. The number of rotatable bonds is 1. The van der Waals surface area contributed by atoms with E-state index in [1.807, 2.05) is 18.2 Å². The smallest absolute Gasteiger partial charge is 1.00 e. The van der Waals surface area contributed by atoms with E-state index in [-0.39, 0.29) is 31.3 Å². The summed E-state index contributed by atoms with van der Waals surface area (Å²) in [5.74, 6) is 0.410. The fourth-order valence-corrected chi connectivity index (χ4v) is 1.23. The Morgan fingerprint density at radius 2 is 1.77 bits per heavy atom. The van der Waals surface area contributed by atoms with Gasteiger partial charge in [-0.05, 0) is 23.5 Å². The van der Waals surface area contributed by atoms with Crippen LogP contribution in [0.25, 0.3) is 0 Å². The summed E-state index contributed by atoms with van der Waals surface area (Å²) in [7, 11) is 0. The molecule has 70 valence electrons. The Hall–Kier alpha value is -0.214. The van der Waals surface area contributed by atoms with Crippen molar-refractivity contribution in [3.8, 4) is 5.75 Å². The van der Waals surface area contributed by atoms with Crippen molar-refractivity contribution in [2.45, 2.75) is 27.2 Å². The normalized spacial score (nSPS) is 10.7. The van der Waals surface area contributed by atoms with Crippen LogP contribution in [0.4, 0.5) is 0 Å². The molecule has 0 aliphatic rings. The number of phenolic OH excluding ortho intramolecular Hbond substituents is 1. The van der Waals surface area contributed by atoms with Gasteiger partial charge in [-0.2, -0.15) is 0 Å². The molecular weight excluding hydrogens is 172 g/mol. The number of aromatic hydroxyl groups is 1. The van der Waals surface area contributed by atoms with E-state index in [1.54, 1.807) is 6.07 Å². The first-order valence-corrected chi connectivity index (χ1v) is 4.26. The SMILES string of the molecule is CC(C)(C)Cc1ccccc1O.[H-].[H-].[Mg+2]. The molecule has 0 heterocycles. The zero-order chi connectivity index (χ0) is 9.19. The molecule has 1 rings (SSSR count). The van der Waals surface area contributed by atoms with Crippen molar-refractivity contribution in [1.29, 1.82) is 0 Å². The van der Waals surface area contributed by atoms with Gasteiger partial charge >= 0.3 is 23.1 Å². The van der Waals surface area contributed by atoms with Crippen molar-refractivity contribution >= 4 is 23.1 Å². The molecule has 0 aliphatic heterocycles. The van der Waals surface area contributed by atoms with Gasteiger partial charge in [0.2, 0.25) is 0 Å². The third kappa shape index (κ3) is 4.53. The minimum Gasteiger partial charge on any atom is -1.00 e. The van der Waals surface area contributed by atoms with Gasteiger partial charge in [0.15, 0.2) is 0 Å². The van der Waals surface area contributed by atoms with E-state index in [0.717, 1.165) is 12.0 Å². The monoisotopic (exact) mass is 190 g/mol. The summed E-state index contributed by atoms with van der Waals surface area (Å²) in [4.78, 5) is 0. The van der Waals surface area contributed by atoms with Crippen molar-refractivity contribution in [2.75, 3.05) is 0 Å². The average molecular weight is 191 g/mol. The number of phenols is 1. The maximum Gasteiger partial charge on any atom is 2.00 e. The molecule has 0 amide bonds. The topological polar surface area (TPSA) is 20.2 Å². The summed E-state index contributed by atoms with van der Waals surface area (Å²) in [5.41, 5.74) is 1.27. The van der Waals surface area contributed by atoms with E-state index < -0.39 is 0 Å². The third-order valence-electron chi connectivity index (χ3n) is 1.71. The quantitative estimate of drug-likeness (QED) is 0.676. The number of benzene rings is 1. The van der Waals surface area contributed by atoms with Crippen molar-refractivity contribution in [3.63, 3.8) is 0 Å². The van der Waals surface area contributed by atoms with Crippen LogP contribution in [0, 0.1) is 5.41 Å². The molecule has 2 heteroatoms. The first-order valence-electron chi connectivity index (χ1n) is 4.26. The minimum absolute atomic E-state index is 0. The molecule has 0 aromatic heterocycles. The Labute approximate surface area is 99.3 Å². The Morgan fingerprint density at radius 3 is 2.23 bits per heavy atom. The molecular formula is C11H18MgO. The molecule has 0 spiro atoms. The molecule has 0 unspecified atom stereocenters. The molecule has 1 aromatic carbocycles.